The first-order valence-corrected chi connectivity index (χ1v) is 16.7. The van der Waals surface area contributed by atoms with Gasteiger partial charge < -0.3 is 19.7 Å². The first-order valence-electron chi connectivity index (χ1n) is 16.7. The van der Waals surface area contributed by atoms with Crippen molar-refractivity contribution in [1.29, 1.82) is 0 Å². The summed E-state index contributed by atoms with van der Waals surface area (Å²) in [7, 11) is 2.98. The molecule has 0 saturated carbocycles. The van der Waals surface area contributed by atoms with Crippen molar-refractivity contribution in [2.24, 2.45) is 5.92 Å². The normalized spacial score (nSPS) is 19.2. The minimum absolute atomic E-state index is 0.0924. The summed E-state index contributed by atoms with van der Waals surface area (Å²) in [5.74, 6) is -1.19. The summed E-state index contributed by atoms with van der Waals surface area (Å²) in [6.45, 7) is 5.94. The van der Waals surface area contributed by atoms with Crippen LogP contribution in [0.4, 0.5) is 28.6 Å². The first kappa shape index (κ1) is 37.1. The lowest BCUT2D eigenvalue weighted by molar-refractivity contribution is -0.158. The molecule has 5 amide bonds. The van der Waals surface area contributed by atoms with Crippen LogP contribution in [0.1, 0.15) is 61.8 Å². The summed E-state index contributed by atoms with van der Waals surface area (Å²) >= 11 is 0. The Hall–Kier alpha value is -5.14. The van der Waals surface area contributed by atoms with Crippen LogP contribution in [-0.4, -0.2) is 77.6 Å². The minimum Gasteiger partial charge on any atom is -0.497 e. The maximum absolute atomic E-state index is 13.8. The first-order chi connectivity index (χ1) is 24.1. The number of aromatic nitrogens is 1. The number of imide groups is 1. The van der Waals surface area contributed by atoms with Crippen molar-refractivity contribution in [3.63, 3.8) is 0 Å². The van der Waals surface area contributed by atoms with E-state index in [-0.39, 0.29) is 31.2 Å². The standard InChI is InChI=1S/C37H42F3N5O6/c1-36(2,3)51-35(49)44(21-23-8-14-28(50-5)15-9-23)30-20-24(16-17-42-30)19-29-31(32(46)41-4)45(33(29)47)34(48)43-18-6-7-26(22-43)25-10-12-27(13-11-25)37(38,39)40/h8-17,20,26,29,31H,6-7,18-19,21-22H2,1-5H3,(H,41,46)/t26?,29-,31+/m1/s1. The maximum atomic E-state index is 13.8. The van der Waals surface area contributed by atoms with Crippen LogP contribution in [0.3, 0.4) is 0 Å². The van der Waals surface area contributed by atoms with E-state index < -0.39 is 53.2 Å². The van der Waals surface area contributed by atoms with E-state index in [2.05, 4.69) is 10.3 Å². The Balaban J connectivity index is 1.33. The molecular weight excluding hydrogens is 667 g/mol. The van der Waals surface area contributed by atoms with Gasteiger partial charge >= 0.3 is 18.3 Å². The summed E-state index contributed by atoms with van der Waals surface area (Å²) in [5.41, 5.74) is 0.528. The van der Waals surface area contributed by atoms with Crippen molar-refractivity contribution in [3.8, 4) is 5.75 Å². The lowest BCUT2D eigenvalue weighted by Crippen LogP contribution is -2.70. The summed E-state index contributed by atoms with van der Waals surface area (Å²) in [4.78, 5) is 62.2. The number of hydrogen-bond acceptors (Lipinski definition) is 7. The second-order valence-corrected chi connectivity index (χ2v) is 13.7. The Bertz CT molecular complexity index is 1740. The summed E-state index contributed by atoms with van der Waals surface area (Å²) in [6, 6.07) is 13.7. The molecule has 0 radical (unpaired) electrons. The molecular formula is C37H42F3N5O6. The number of pyridine rings is 1. The molecule has 2 aromatic carbocycles. The van der Waals surface area contributed by atoms with E-state index >= 15 is 0 Å². The van der Waals surface area contributed by atoms with Crippen molar-refractivity contribution in [3.05, 3.63) is 89.1 Å². The van der Waals surface area contributed by atoms with Gasteiger partial charge in [0.1, 0.15) is 23.2 Å². The number of hydrogen-bond donors (Lipinski definition) is 1. The number of nitrogens with zero attached hydrogens (tertiary/aromatic N) is 4. The van der Waals surface area contributed by atoms with E-state index in [4.69, 9.17) is 9.47 Å². The Labute approximate surface area is 294 Å². The number of nitrogens with one attached hydrogen (secondary N) is 1. The largest absolute Gasteiger partial charge is 0.497 e. The molecule has 3 atom stereocenters. The number of rotatable bonds is 8. The van der Waals surface area contributed by atoms with Crippen molar-refractivity contribution in [1.82, 2.24) is 20.1 Å². The lowest BCUT2D eigenvalue weighted by Gasteiger charge is -2.47. The number of carbonyl (C=O) groups is 4. The molecule has 0 spiro atoms. The van der Waals surface area contributed by atoms with Crippen LogP contribution in [0.2, 0.25) is 0 Å². The number of alkyl halides is 3. The van der Waals surface area contributed by atoms with E-state index in [1.807, 2.05) is 12.1 Å². The molecule has 0 aliphatic carbocycles. The molecule has 272 valence electrons. The van der Waals surface area contributed by atoms with Gasteiger partial charge in [-0.3, -0.25) is 19.4 Å². The van der Waals surface area contributed by atoms with Gasteiger partial charge in [0.15, 0.2) is 0 Å². The molecule has 2 saturated heterocycles. The second-order valence-electron chi connectivity index (χ2n) is 13.7. The van der Waals surface area contributed by atoms with Crippen molar-refractivity contribution >= 4 is 29.8 Å². The monoisotopic (exact) mass is 709 g/mol. The predicted octanol–water partition coefficient (Wildman–Crippen LogP) is 6.17. The third-order valence-electron chi connectivity index (χ3n) is 8.99. The molecule has 5 rings (SSSR count). The van der Waals surface area contributed by atoms with Crippen LogP contribution in [0, 0.1) is 5.92 Å². The number of β-lactam (4-membered cyclic amide) rings is 1. The number of methoxy groups -OCH3 is 1. The van der Waals surface area contributed by atoms with E-state index in [0.717, 1.165) is 22.6 Å². The van der Waals surface area contributed by atoms with Crippen molar-refractivity contribution in [2.45, 2.75) is 70.3 Å². The van der Waals surface area contributed by atoms with Gasteiger partial charge in [-0.2, -0.15) is 13.2 Å². The van der Waals surface area contributed by atoms with Gasteiger partial charge in [-0.05, 0) is 93.1 Å². The van der Waals surface area contributed by atoms with Crippen LogP contribution in [-0.2, 0) is 33.5 Å². The molecule has 2 fully saturated rings. The maximum Gasteiger partial charge on any atom is 0.416 e. The zero-order valence-corrected chi connectivity index (χ0v) is 29.2. The minimum atomic E-state index is -4.46. The van der Waals surface area contributed by atoms with Gasteiger partial charge in [0.2, 0.25) is 11.8 Å². The lowest BCUT2D eigenvalue weighted by atomic mass is 9.81. The van der Waals surface area contributed by atoms with Gasteiger partial charge in [0.05, 0.1) is 25.1 Å². The Morgan fingerprint density at radius 3 is 2.29 bits per heavy atom. The number of benzene rings is 2. The van der Waals surface area contributed by atoms with Gasteiger partial charge in [-0.25, -0.2) is 14.6 Å². The summed E-state index contributed by atoms with van der Waals surface area (Å²) < 4.78 is 50.2. The van der Waals surface area contributed by atoms with E-state index in [9.17, 15) is 32.3 Å². The van der Waals surface area contributed by atoms with E-state index in [1.165, 1.54) is 35.2 Å². The van der Waals surface area contributed by atoms with Gasteiger partial charge in [0.25, 0.3) is 0 Å². The number of urea groups is 1. The molecule has 1 unspecified atom stereocenters. The number of halogens is 3. The van der Waals surface area contributed by atoms with E-state index in [0.29, 0.717) is 36.3 Å². The fourth-order valence-corrected chi connectivity index (χ4v) is 6.39. The molecule has 2 aliphatic rings. The molecule has 14 heteroatoms. The highest BCUT2D eigenvalue weighted by Gasteiger charge is 2.55. The van der Waals surface area contributed by atoms with E-state index in [1.54, 1.807) is 52.1 Å². The van der Waals surface area contributed by atoms with Crippen LogP contribution < -0.4 is 15.0 Å². The molecule has 51 heavy (non-hydrogen) atoms. The third kappa shape index (κ3) is 8.61. The van der Waals surface area contributed by atoms with Crippen molar-refractivity contribution < 1.29 is 41.8 Å². The molecule has 1 N–H and O–H groups in total. The number of piperidine rings is 1. The number of ether oxygens (including phenoxy) is 2. The fraction of sp³-hybridized carbons (Fsp3) is 0.432. The smallest absolute Gasteiger partial charge is 0.416 e. The highest BCUT2D eigenvalue weighted by Crippen LogP contribution is 2.36. The summed E-state index contributed by atoms with van der Waals surface area (Å²) in [6.07, 6.45) is -2.24. The highest BCUT2D eigenvalue weighted by molar-refractivity contribution is 6.09. The van der Waals surface area contributed by atoms with Gasteiger partial charge in [-0.1, -0.05) is 24.3 Å². The van der Waals surface area contributed by atoms with Crippen LogP contribution in [0.25, 0.3) is 0 Å². The molecule has 0 bridgehead atoms. The predicted molar refractivity (Wildman–Crippen MR) is 182 cm³/mol. The number of carbonyl (C=O) groups excluding carboxylic acids is 4. The molecule has 11 nitrogen and oxygen atoms in total. The Kier molecular flexibility index (Phi) is 10.9. The molecule has 2 aliphatic heterocycles. The average molecular weight is 710 g/mol. The van der Waals surface area contributed by atoms with Crippen LogP contribution in [0.15, 0.2) is 66.9 Å². The zero-order valence-electron chi connectivity index (χ0n) is 29.2. The molecule has 3 aromatic rings. The highest BCUT2D eigenvalue weighted by atomic mass is 19.4. The SMILES string of the molecule is CNC(=O)[C@@H]1[C@@H](Cc2ccnc(N(Cc3ccc(OC)cc3)C(=O)OC(C)(C)C)c2)C(=O)N1C(=O)N1CCCC(c2ccc(C(F)(F)F)cc2)C1. The Morgan fingerprint density at radius 1 is 1.00 bits per heavy atom. The topological polar surface area (TPSA) is 121 Å². The quantitative estimate of drug-likeness (QED) is 0.278. The summed E-state index contributed by atoms with van der Waals surface area (Å²) in [5, 5.41) is 2.56. The van der Waals surface area contributed by atoms with Crippen LogP contribution in [0.5, 0.6) is 5.75 Å². The fourth-order valence-electron chi connectivity index (χ4n) is 6.39. The van der Waals surface area contributed by atoms with Gasteiger partial charge in [0, 0.05) is 32.3 Å². The number of likely N-dealkylation sites (N-methyl/N-ethyl adjacent to an activating group) is 1. The van der Waals surface area contributed by atoms with Gasteiger partial charge in [-0.15, -0.1) is 0 Å². The second kappa shape index (κ2) is 15.0. The number of anilines is 1. The zero-order chi connectivity index (χ0) is 37.1. The Morgan fingerprint density at radius 2 is 1.69 bits per heavy atom. The molecule has 3 heterocycles. The average Bonchev–Trinajstić information content (AvgIpc) is 3.10. The number of likely N-dealkylation sites (tertiary alicyclic amines) is 2. The number of amides is 5. The molecule has 1 aromatic heterocycles. The third-order valence-corrected chi connectivity index (χ3v) is 8.99. The van der Waals surface area contributed by atoms with Crippen LogP contribution >= 0.6 is 0 Å². The van der Waals surface area contributed by atoms with Crippen molar-refractivity contribution in [2.75, 3.05) is 32.1 Å².